The summed E-state index contributed by atoms with van der Waals surface area (Å²) in [6.07, 6.45) is 0. The average Bonchev–Trinajstić information content (AvgIpc) is 2.71. The Morgan fingerprint density at radius 1 is 1.07 bits per heavy atom. The van der Waals surface area contributed by atoms with Crippen LogP contribution in [-0.2, 0) is 4.79 Å². The maximum Gasteiger partial charge on any atom is 0.264 e. The maximum atomic E-state index is 13.8. The fourth-order valence-electron chi connectivity index (χ4n) is 3.37. The minimum absolute atomic E-state index is 0.0132. The van der Waals surface area contributed by atoms with Gasteiger partial charge in [-0.3, -0.25) is 9.59 Å². The van der Waals surface area contributed by atoms with Crippen LogP contribution in [0.3, 0.4) is 0 Å². The monoisotopic (exact) mass is 408 g/mol. The Morgan fingerprint density at radius 2 is 1.73 bits per heavy atom. The lowest BCUT2D eigenvalue weighted by Crippen LogP contribution is -2.35. The highest BCUT2D eigenvalue weighted by atomic mass is 19.1. The summed E-state index contributed by atoms with van der Waals surface area (Å²) in [6, 6.07) is 13.9. The molecular formula is C23H18F2N2O3. The highest BCUT2D eigenvalue weighted by Gasteiger charge is 2.23. The summed E-state index contributed by atoms with van der Waals surface area (Å²) in [5.74, 6) is -2.19. The molecule has 30 heavy (non-hydrogen) atoms. The second-order valence-electron chi connectivity index (χ2n) is 7.00. The van der Waals surface area contributed by atoms with Crippen molar-refractivity contribution in [2.45, 2.75) is 6.92 Å². The third kappa shape index (κ3) is 3.50. The number of hydrogen-bond acceptors (Lipinski definition) is 3. The van der Waals surface area contributed by atoms with E-state index in [1.165, 1.54) is 6.07 Å². The Bertz CT molecular complexity index is 1140. The van der Waals surface area contributed by atoms with Gasteiger partial charge in [-0.05, 0) is 60.0 Å². The Kier molecular flexibility index (Phi) is 4.95. The van der Waals surface area contributed by atoms with Crippen molar-refractivity contribution in [1.29, 1.82) is 0 Å². The normalized spacial score (nSPS) is 12.9. The fourth-order valence-corrected chi connectivity index (χ4v) is 3.37. The molecule has 3 aromatic rings. The van der Waals surface area contributed by atoms with Crippen LogP contribution in [-0.4, -0.2) is 25.5 Å². The Hall–Kier alpha value is -3.74. The van der Waals surface area contributed by atoms with Crippen LogP contribution >= 0.6 is 0 Å². The molecule has 0 atom stereocenters. The number of fused-ring (bicyclic) bond motifs is 1. The van der Waals surface area contributed by atoms with Gasteiger partial charge >= 0.3 is 0 Å². The highest BCUT2D eigenvalue weighted by Crippen LogP contribution is 2.38. The van der Waals surface area contributed by atoms with E-state index in [-0.39, 0.29) is 12.5 Å². The predicted octanol–water partition coefficient (Wildman–Crippen LogP) is 4.55. The topological polar surface area (TPSA) is 58.6 Å². The van der Waals surface area contributed by atoms with Crippen LogP contribution in [0.1, 0.15) is 15.9 Å². The summed E-state index contributed by atoms with van der Waals surface area (Å²) in [4.78, 5) is 25.7. The van der Waals surface area contributed by atoms with Crippen LogP contribution in [0.25, 0.3) is 11.1 Å². The number of nitrogens with zero attached hydrogens (tertiary/aromatic N) is 1. The molecule has 5 nitrogen and oxygen atoms in total. The lowest BCUT2D eigenvalue weighted by Gasteiger charge is -2.27. The van der Waals surface area contributed by atoms with Crippen molar-refractivity contribution >= 4 is 23.2 Å². The number of aryl methyl sites for hydroxylation is 1. The first-order valence-electron chi connectivity index (χ1n) is 9.25. The molecule has 1 aliphatic rings. The van der Waals surface area contributed by atoms with Crippen molar-refractivity contribution in [1.82, 2.24) is 0 Å². The molecule has 0 unspecified atom stereocenters. The molecule has 4 rings (SSSR count). The zero-order valence-corrected chi connectivity index (χ0v) is 16.3. The van der Waals surface area contributed by atoms with Gasteiger partial charge in [-0.25, -0.2) is 8.78 Å². The average molecular weight is 408 g/mol. The minimum Gasteiger partial charge on any atom is -0.482 e. The molecule has 0 fully saturated rings. The lowest BCUT2D eigenvalue weighted by molar-refractivity contribution is -0.120. The summed E-state index contributed by atoms with van der Waals surface area (Å²) < 4.78 is 33.1. The van der Waals surface area contributed by atoms with Gasteiger partial charge < -0.3 is 15.0 Å². The van der Waals surface area contributed by atoms with Gasteiger partial charge in [-0.15, -0.1) is 0 Å². The van der Waals surface area contributed by atoms with Crippen molar-refractivity contribution in [3.63, 3.8) is 0 Å². The second-order valence-corrected chi connectivity index (χ2v) is 7.00. The van der Waals surface area contributed by atoms with Crippen LogP contribution < -0.4 is 15.0 Å². The van der Waals surface area contributed by atoms with Crippen LogP contribution in [0.5, 0.6) is 5.75 Å². The van der Waals surface area contributed by atoms with E-state index in [4.69, 9.17) is 4.74 Å². The van der Waals surface area contributed by atoms with E-state index >= 15 is 0 Å². The number of anilines is 2. The largest absolute Gasteiger partial charge is 0.482 e. The molecule has 0 spiro atoms. The Morgan fingerprint density at radius 3 is 2.40 bits per heavy atom. The first-order valence-corrected chi connectivity index (χ1v) is 9.25. The molecule has 0 aromatic heterocycles. The van der Waals surface area contributed by atoms with Gasteiger partial charge in [0.15, 0.2) is 6.61 Å². The molecule has 3 aromatic carbocycles. The quantitative estimate of drug-likeness (QED) is 0.692. The minimum atomic E-state index is -0.922. The molecule has 152 valence electrons. The van der Waals surface area contributed by atoms with Crippen molar-refractivity contribution in [2.75, 3.05) is 23.9 Å². The predicted molar refractivity (Wildman–Crippen MR) is 110 cm³/mol. The van der Waals surface area contributed by atoms with Crippen LogP contribution in [0.15, 0.2) is 54.6 Å². The molecule has 0 aliphatic carbocycles. The molecular weight excluding hydrogens is 390 g/mol. The zero-order chi connectivity index (χ0) is 21.4. The van der Waals surface area contributed by atoms with E-state index in [9.17, 15) is 18.4 Å². The SMILES string of the molecule is Cc1cc2c(cc1-c1ccc(NC(=O)c3c(F)cccc3F)cc1)N(C)C(=O)CO2. The number of halogens is 2. The zero-order valence-electron chi connectivity index (χ0n) is 16.3. The molecule has 1 heterocycles. The second kappa shape index (κ2) is 7.59. The van der Waals surface area contributed by atoms with E-state index in [0.717, 1.165) is 28.8 Å². The van der Waals surface area contributed by atoms with E-state index in [2.05, 4.69) is 5.32 Å². The summed E-state index contributed by atoms with van der Waals surface area (Å²) in [6.45, 7) is 1.95. The third-order valence-corrected chi connectivity index (χ3v) is 5.04. The number of ether oxygens (including phenoxy) is 1. The molecule has 1 aliphatic heterocycles. The van der Waals surface area contributed by atoms with Crippen LogP contribution in [0.4, 0.5) is 20.2 Å². The van der Waals surface area contributed by atoms with Crippen molar-refractivity contribution in [3.8, 4) is 16.9 Å². The molecule has 0 radical (unpaired) electrons. The summed E-state index contributed by atoms with van der Waals surface area (Å²) in [5.41, 5.74) is 3.17. The van der Waals surface area contributed by atoms with Gasteiger partial charge in [0.1, 0.15) is 22.9 Å². The molecule has 2 amide bonds. The van der Waals surface area contributed by atoms with Gasteiger partial charge in [0.2, 0.25) is 0 Å². The number of rotatable bonds is 3. The summed E-state index contributed by atoms with van der Waals surface area (Å²) >= 11 is 0. The number of carbonyl (C=O) groups is 2. The van der Waals surface area contributed by atoms with Gasteiger partial charge in [-0.1, -0.05) is 18.2 Å². The van der Waals surface area contributed by atoms with Crippen molar-refractivity contribution in [3.05, 3.63) is 77.4 Å². The third-order valence-electron chi connectivity index (χ3n) is 5.04. The van der Waals surface area contributed by atoms with Gasteiger partial charge in [0.25, 0.3) is 11.8 Å². The molecule has 1 N–H and O–H groups in total. The molecule has 7 heteroatoms. The van der Waals surface area contributed by atoms with Gasteiger partial charge in [0, 0.05) is 12.7 Å². The number of likely N-dealkylation sites (N-methyl/N-ethyl adjacent to an activating group) is 1. The molecule has 0 bridgehead atoms. The van der Waals surface area contributed by atoms with E-state index in [0.29, 0.717) is 17.1 Å². The van der Waals surface area contributed by atoms with Crippen LogP contribution in [0, 0.1) is 18.6 Å². The number of hydrogen-bond donors (Lipinski definition) is 1. The van der Waals surface area contributed by atoms with E-state index in [1.54, 1.807) is 36.2 Å². The molecule has 0 saturated carbocycles. The summed E-state index contributed by atoms with van der Waals surface area (Å²) in [5, 5.41) is 2.50. The lowest BCUT2D eigenvalue weighted by atomic mass is 9.98. The first-order chi connectivity index (χ1) is 14.3. The van der Waals surface area contributed by atoms with E-state index < -0.39 is 23.1 Å². The Balaban J connectivity index is 1.60. The number of amides is 2. The van der Waals surface area contributed by atoms with Crippen molar-refractivity contribution in [2.24, 2.45) is 0 Å². The van der Waals surface area contributed by atoms with Crippen molar-refractivity contribution < 1.29 is 23.1 Å². The number of nitrogens with one attached hydrogen (secondary N) is 1. The highest BCUT2D eigenvalue weighted by molar-refractivity contribution is 6.04. The Labute approximate surface area is 171 Å². The smallest absolute Gasteiger partial charge is 0.264 e. The maximum absolute atomic E-state index is 13.8. The standard InChI is InChI=1S/C23H18F2N2O3/c1-13-10-20-19(27(2)21(28)12-30-20)11-16(13)14-6-8-15(9-7-14)26-23(29)22-17(24)4-3-5-18(22)25/h3-11H,12H2,1-2H3,(H,26,29). The van der Waals surface area contributed by atoms with E-state index in [1.807, 2.05) is 19.1 Å². The van der Waals surface area contributed by atoms with Crippen LogP contribution in [0.2, 0.25) is 0 Å². The first kappa shape index (κ1) is 19.6. The van der Waals surface area contributed by atoms with Gasteiger partial charge in [-0.2, -0.15) is 0 Å². The number of benzene rings is 3. The fraction of sp³-hybridized carbons (Fsp3) is 0.130. The molecule has 0 saturated heterocycles. The summed E-state index contributed by atoms with van der Waals surface area (Å²) in [7, 11) is 1.70. The number of carbonyl (C=O) groups excluding carboxylic acids is 2. The van der Waals surface area contributed by atoms with Gasteiger partial charge in [0.05, 0.1) is 5.69 Å².